The Morgan fingerprint density at radius 3 is 2.55 bits per heavy atom. The molecular formula is C14H18FN3OS. The van der Waals surface area contributed by atoms with Gasteiger partial charge in [0.2, 0.25) is 0 Å². The van der Waals surface area contributed by atoms with E-state index in [4.69, 9.17) is 18.0 Å². The summed E-state index contributed by atoms with van der Waals surface area (Å²) < 4.78 is 13.1. The lowest BCUT2D eigenvalue weighted by Gasteiger charge is -2.34. The first-order chi connectivity index (χ1) is 9.47. The van der Waals surface area contributed by atoms with Crippen LogP contribution in [-0.4, -0.2) is 53.4 Å². The van der Waals surface area contributed by atoms with Gasteiger partial charge in [0.15, 0.2) is 0 Å². The van der Waals surface area contributed by atoms with Crippen LogP contribution in [0, 0.1) is 12.7 Å². The molecule has 6 heteroatoms. The third kappa shape index (κ3) is 3.52. The van der Waals surface area contributed by atoms with E-state index in [0.717, 1.165) is 13.1 Å². The number of rotatable bonds is 3. The third-order valence-corrected chi connectivity index (χ3v) is 3.59. The Bertz CT molecular complexity index is 527. The fraction of sp³-hybridized carbons (Fsp3) is 0.429. The van der Waals surface area contributed by atoms with Gasteiger partial charge in [0, 0.05) is 38.3 Å². The molecule has 0 aliphatic carbocycles. The number of hydrogen-bond acceptors (Lipinski definition) is 3. The number of nitrogens with zero attached hydrogens (tertiary/aromatic N) is 2. The van der Waals surface area contributed by atoms with Crippen molar-refractivity contribution in [3.63, 3.8) is 0 Å². The van der Waals surface area contributed by atoms with Crippen molar-refractivity contribution in [2.24, 2.45) is 5.73 Å². The average molecular weight is 295 g/mol. The SMILES string of the molecule is Cc1cc(F)ccc1C(=O)N1CCN(CC(N)=S)CC1. The summed E-state index contributed by atoms with van der Waals surface area (Å²) in [6.45, 7) is 5.12. The molecule has 0 aromatic heterocycles. The summed E-state index contributed by atoms with van der Waals surface area (Å²) in [5.74, 6) is -0.363. The van der Waals surface area contributed by atoms with E-state index >= 15 is 0 Å². The predicted octanol–water partition coefficient (Wildman–Crippen LogP) is 1.18. The van der Waals surface area contributed by atoms with Crippen LogP contribution in [0.5, 0.6) is 0 Å². The molecule has 4 nitrogen and oxygen atoms in total. The summed E-state index contributed by atoms with van der Waals surface area (Å²) in [7, 11) is 0. The Morgan fingerprint density at radius 2 is 2.00 bits per heavy atom. The van der Waals surface area contributed by atoms with E-state index in [1.54, 1.807) is 17.9 Å². The maximum atomic E-state index is 13.1. The maximum absolute atomic E-state index is 13.1. The highest BCUT2D eigenvalue weighted by molar-refractivity contribution is 7.80. The van der Waals surface area contributed by atoms with Crippen LogP contribution in [0.3, 0.4) is 0 Å². The number of piperazine rings is 1. The standard InChI is InChI=1S/C14H18FN3OS/c1-10-8-11(15)2-3-12(10)14(19)18-6-4-17(5-7-18)9-13(16)20/h2-3,8H,4-7,9H2,1H3,(H2,16,20). The highest BCUT2D eigenvalue weighted by Crippen LogP contribution is 2.14. The number of carbonyl (C=O) groups excluding carboxylic acids is 1. The van der Waals surface area contributed by atoms with Crippen molar-refractivity contribution in [2.45, 2.75) is 6.92 Å². The van der Waals surface area contributed by atoms with Crippen molar-refractivity contribution < 1.29 is 9.18 Å². The van der Waals surface area contributed by atoms with E-state index < -0.39 is 0 Å². The molecule has 1 aliphatic heterocycles. The highest BCUT2D eigenvalue weighted by Gasteiger charge is 2.23. The first-order valence-electron chi connectivity index (χ1n) is 6.53. The van der Waals surface area contributed by atoms with Crippen LogP contribution in [0.15, 0.2) is 18.2 Å². The lowest BCUT2D eigenvalue weighted by molar-refractivity contribution is 0.0653. The Balaban J connectivity index is 1.99. The molecule has 1 amide bonds. The number of carbonyl (C=O) groups is 1. The van der Waals surface area contributed by atoms with Crippen molar-refractivity contribution in [1.82, 2.24) is 9.80 Å². The minimum atomic E-state index is -0.319. The lowest BCUT2D eigenvalue weighted by atomic mass is 10.1. The molecule has 1 aliphatic rings. The Hall–Kier alpha value is -1.53. The van der Waals surface area contributed by atoms with Gasteiger partial charge < -0.3 is 10.6 Å². The lowest BCUT2D eigenvalue weighted by Crippen LogP contribution is -2.50. The summed E-state index contributed by atoms with van der Waals surface area (Å²) >= 11 is 4.88. The van der Waals surface area contributed by atoms with Gasteiger partial charge in [-0.1, -0.05) is 12.2 Å². The zero-order chi connectivity index (χ0) is 14.7. The summed E-state index contributed by atoms with van der Waals surface area (Å²) in [6, 6.07) is 4.26. The van der Waals surface area contributed by atoms with Gasteiger partial charge in [0.05, 0.1) is 4.99 Å². The van der Waals surface area contributed by atoms with Crippen LogP contribution < -0.4 is 5.73 Å². The van der Waals surface area contributed by atoms with Gasteiger partial charge in [-0.25, -0.2) is 4.39 Å². The number of aryl methyl sites for hydroxylation is 1. The zero-order valence-electron chi connectivity index (χ0n) is 11.4. The fourth-order valence-corrected chi connectivity index (χ4v) is 2.55. The van der Waals surface area contributed by atoms with Crippen LogP contribution in [0.2, 0.25) is 0 Å². The van der Waals surface area contributed by atoms with Crippen LogP contribution in [-0.2, 0) is 0 Å². The molecule has 0 bridgehead atoms. The summed E-state index contributed by atoms with van der Waals surface area (Å²) in [5, 5.41) is 0. The topological polar surface area (TPSA) is 49.6 Å². The van der Waals surface area contributed by atoms with Gasteiger partial charge in [-0.3, -0.25) is 9.69 Å². The monoisotopic (exact) mass is 295 g/mol. The first-order valence-corrected chi connectivity index (χ1v) is 6.94. The molecule has 2 rings (SSSR count). The largest absolute Gasteiger partial charge is 0.392 e. The molecule has 108 valence electrons. The number of hydrogen-bond donors (Lipinski definition) is 1. The van der Waals surface area contributed by atoms with Gasteiger partial charge in [0.25, 0.3) is 5.91 Å². The molecule has 0 atom stereocenters. The van der Waals surface area contributed by atoms with Crippen molar-refractivity contribution in [1.29, 1.82) is 0 Å². The fourth-order valence-electron chi connectivity index (χ4n) is 2.37. The van der Waals surface area contributed by atoms with Gasteiger partial charge in [-0.15, -0.1) is 0 Å². The second-order valence-corrected chi connectivity index (χ2v) is 5.52. The Morgan fingerprint density at radius 1 is 1.35 bits per heavy atom. The van der Waals surface area contributed by atoms with E-state index in [1.165, 1.54) is 12.1 Å². The maximum Gasteiger partial charge on any atom is 0.254 e. The first kappa shape index (κ1) is 14.9. The normalized spacial score (nSPS) is 16.2. The second kappa shape index (κ2) is 6.28. The molecule has 0 saturated carbocycles. The van der Waals surface area contributed by atoms with Crippen LogP contribution >= 0.6 is 12.2 Å². The molecule has 0 radical (unpaired) electrons. The summed E-state index contributed by atoms with van der Waals surface area (Å²) in [5.41, 5.74) is 6.75. The molecule has 1 saturated heterocycles. The molecule has 0 unspecified atom stereocenters. The van der Waals surface area contributed by atoms with E-state index in [0.29, 0.717) is 35.7 Å². The van der Waals surface area contributed by atoms with Crippen molar-refractivity contribution >= 4 is 23.1 Å². The zero-order valence-corrected chi connectivity index (χ0v) is 12.3. The van der Waals surface area contributed by atoms with Crippen molar-refractivity contribution in [2.75, 3.05) is 32.7 Å². The Labute approximate surface area is 123 Å². The molecule has 1 aromatic carbocycles. The Kier molecular flexibility index (Phi) is 4.67. The number of nitrogens with two attached hydrogens (primary N) is 1. The average Bonchev–Trinajstić information content (AvgIpc) is 2.38. The molecular weight excluding hydrogens is 277 g/mol. The van der Waals surface area contributed by atoms with Gasteiger partial charge in [-0.2, -0.15) is 0 Å². The number of benzene rings is 1. The number of halogens is 1. The number of thiocarbonyl (C=S) groups is 1. The van der Waals surface area contributed by atoms with Crippen LogP contribution in [0.1, 0.15) is 15.9 Å². The van der Waals surface area contributed by atoms with E-state index in [2.05, 4.69) is 4.90 Å². The predicted molar refractivity (Wildman–Crippen MR) is 80.3 cm³/mol. The van der Waals surface area contributed by atoms with Crippen molar-refractivity contribution in [3.8, 4) is 0 Å². The quantitative estimate of drug-likeness (QED) is 0.851. The van der Waals surface area contributed by atoms with Gasteiger partial charge in [0.1, 0.15) is 5.82 Å². The molecule has 0 spiro atoms. The van der Waals surface area contributed by atoms with Crippen molar-refractivity contribution in [3.05, 3.63) is 35.1 Å². The van der Waals surface area contributed by atoms with Gasteiger partial charge in [-0.05, 0) is 30.7 Å². The van der Waals surface area contributed by atoms with E-state index in [1.807, 2.05) is 0 Å². The second-order valence-electron chi connectivity index (χ2n) is 4.99. The third-order valence-electron chi connectivity index (χ3n) is 3.46. The molecule has 1 aromatic rings. The molecule has 20 heavy (non-hydrogen) atoms. The highest BCUT2D eigenvalue weighted by atomic mass is 32.1. The van der Waals surface area contributed by atoms with E-state index in [9.17, 15) is 9.18 Å². The number of amides is 1. The van der Waals surface area contributed by atoms with E-state index in [-0.39, 0.29) is 11.7 Å². The summed E-state index contributed by atoms with van der Waals surface area (Å²) in [6.07, 6.45) is 0. The molecule has 1 heterocycles. The van der Waals surface area contributed by atoms with Gasteiger partial charge >= 0.3 is 0 Å². The minimum Gasteiger partial charge on any atom is -0.392 e. The minimum absolute atomic E-state index is 0.0440. The summed E-state index contributed by atoms with van der Waals surface area (Å²) in [4.78, 5) is 16.8. The molecule has 2 N–H and O–H groups in total. The smallest absolute Gasteiger partial charge is 0.254 e. The van der Waals surface area contributed by atoms with Crippen LogP contribution in [0.4, 0.5) is 4.39 Å². The van der Waals surface area contributed by atoms with Crippen LogP contribution in [0.25, 0.3) is 0 Å². The molecule has 1 fully saturated rings.